The fourth-order valence-corrected chi connectivity index (χ4v) is 7.57. The summed E-state index contributed by atoms with van der Waals surface area (Å²) in [5.74, 6) is 0. The van der Waals surface area contributed by atoms with Crippen molar-refractivity contribution in [2.24, 2.45) is 0 Å². The minimum Gasteiger partial charge on any atom is -0.759 e. The SMILES string of the molecule is CCCCCCCCCCCCCCCCCCCCCCCC[NH3+].CCCCCCCCCCCCCCCCCCCCCCCC[NH3+].O=S(=O)([O-])[O-]. The van der Waals surface area contributed by atoms with Crippen molar-refractivity contribution < 1.29 is 29.0 Å². The van der Waals surface area contributed by atoms with Crippen molar-refractivity contribution in [1.29, 1.82) is 0 Å². The summed E-state index contributed by atoms with van der Waals surface area (Å²) >= 11 is 0. The number of quaternary nitrogens is 2. The molecule has 0 rings (SSSR count). The molecule has 7 heteroatoms. The van der Waals surface area contributed by atoms with Crippen molar-refractivity contribution in [2.75, 3.05) is 13.1 Å². The maximum Gasteiger partial charge on any atom is 0.0739 e. The lowest BCUT2D eigenvalue weighted by molar-refractivity contribution is -0.368. The van der Waals surface area contributed by atoms with Gasteiger partial charge in [0.25, 0.3) is 0 Å². The Morgan fingerprint density at radius 2 is 0.345 bits per heavy atom. The Balaban J connectivity index is -0.000000874. The van der Waals surface area contributed by atoms with E-state index in [0.29, 0.717) is 0 Å². The van der Waals surface area contributed by atoms with E-state index in [0.717, 1.165) is 13.1 Å². The summed E-state index contributed by atoms with van der Waals surface area (Å²) in [6.07, 6.45) is 64.3. The second-order valence-electron chi connectivity index (χ2n) is 17.0. The summed E-state index contributed by atoms with van der Waals surface area (Å²) in [5, 5.41) is 0. The second-order valence-corrected chi connectivity index (χ2v) is 17.8. The van der Waals surface area contributed by atoms with Gasteiger partial charge in [0.05, 0.1) is 13.1 Å². The summed E-state index contributed by atoms with van der Waals surface area (Å²) in [6.45, 7) is 6.85. The lowest BCUT2D eigenvalue weighted by Crippen LogP contribution is -2.50. The van der Waals surface area contributed by atoms with E-state index in [9.17, 15) is 0 Å². The van der Waals surface area contributed by atoms with E-state index in [2.05, 4.69) is 25.3 Å². The zero-order valence-electron chi connectivity index (χ0n) is 38.0. The van der Waals surface area contributed by atoms with Crippen molar-refractivity contribution in [3.8, 4) is 0 Å². The first-order valence-corrected chi connectivity index (χ1v) is 26.4. The van der Waals surface area contributed by atoms with Crippen molar-refractivity contribution in [3.63, 3.8) is 0 Å². The molecule has 0 aliphatic heterocycles. The zero-order chi connectivity index (χ0) is 41.0. The lowest BCUT2D eigenvalue weighted by Gasteiger charge is -2.06. The smallest absolute Gasteiger partial charge is 0.0739 e. The predicted molar refractivity (Wildman–Crippen MR) is 240 cm³/mol. The fourth-order valence-electron chi connectivity index (χ4n) is 7.57. The first-order chi connectivity index (χ1) is 26.8. The summed E-state index contributed by atoms with van der Waals surface area (Å²) in [6, 6.07) is 0. The first-order valence-electron chi connectivity index (χ1n) is 25.1. The van der Waals surface area contributed by atoms with Gasteiger partial charge in [0.2, 0.25) is 0 Å². The minimum absolute atomic E-state index is 1.12. The van der Waals surface area contributed by atoms with Gasteiger partial charge >= 0.3 is 0 Å². The largest absolute Gasteiger partial charge is 0.759 e. The van der Waals surface area contributed by atoms with E-state index in [1.54, 1.807) is 0 Å². The van der Waals surface area contributed by atoms with Crippen LogP contribution in [0.2, 0.25) is 0 Å². The third-order valence-corrected chi connectivity index (χ3v) is 11.2. The Labute approximate surface area is 347 Å². The third-order valence-electron chi connectivity index (χ3n) is 11.2. The Hall–Kier alpha value is -0.210. The molecular formula is C48H104N2O4S. The highest BCUT2D eigenvalue weighted by molar-refractivity contribution is 7.79. The van der Waals surface area contributed by atoms with Crippen LogP contribution in [0.25, 0.3) is 0 Å². The Morgan fingerprint density at radius 3 is 0.436 bits per heavy atom. The summed E-state index contributed by atoms with van der Waals surface area (Å²) < 4.78 is 34.1. The average Bonchev–Trinajstić information content (AvgIpc) is 3.15. The molecule has 55 heavy (non-hydrogen) atoms. The molecule has 0 heterocycles. The molecule has 0 aromatic carbocycles. The van der Waals surface area contributed by atoms with Crippen LogP contribution >= 0.6 is 0 Å². The number of rotatable bonds is 44. The molecule has 0 atom stereocenters. The monoisotopic (exact) mass is 805 g/mol. The van der Waals surface area contributed by atoms with Gasteiger partial charge in [-0.05, 0) is 25.7 Å². The molecule has 6 N–H and O–H groups in total. The van der Waals surface area contributed by atoms with Gasteiger partial charge in [0.1, 0.15) is 0 Å². The molecule has 0 fully saturated rings. The molecule has 0 aliphatic carbocycles. The maximum atomic E-state index is 8.52. The molecular weight excluding hydrogens is 701 g/mol. The lowest BCUT2D eigenvalue weighted by atomic mass is 10.0. The molecule has 0 aromatic heterocycles. The molecule has 0 saturated carbocycles. The van der Waals surface area contributed by atoms with Gasteiger partial charge < -0.3 is 20.6 Å². The summed E-state index contributed by atoms with van der Waals surface area (Å²) in [5.41, 5.74) is 7.82. The molecule has 0 radical (unpaired) electrons. The number of unbranched alkanes of at least 4 members (excludes halogenated alkanes) is 42. The van der Waals surface area contributed by atoms with E-state index in [1.165, 1.54) is 283 Å². The maximum absolute atomic E-state index is 8.52. The highest BCUT2D eigenvalue weighted by atomic mass is 32.3. The Bertz CT molecular complexity index is 639. The quantitative estimate of drug-likeness (QED) is 0.0360. The van der Waals surface area contributed by atoms with Gasteiger partial charge in [-0.25, -0.2) is 0 Å². The Morgan fingerprint density at radius 1 is 0.255 bits per heavy atom. The standard InChI is InChI=1S/2C24H51N.H2O4S/c2*1-2-3-4-5-6-7-8-9-10-11-12-13-14-15-16-17-18-19-20-21-22-23-24-25;1-5(2,3)4/h2*2-25H2,1H3;(H2,1,2,3,4). The van der Waals surface area contributed by atoms with Crippen molar-refractivity contribution in [2.45, 2.75) is 296 Å². The van der Waals surface area contributed by atoms with Crippen LogP contribution in [0.4, 0.5) is 0 Å². The van der Waals surface area contributed by atoms with Gasteiger partial charge in [0, 0.05) is 10.4 Å². The molecule has 0 aliphatic rings. The summed E-state index contributed by atoms with van der Waals surface area (Å²) in [7, 11) is -5.17. The van der Waals surface area contributed by atoms with Crippen LogP contribution in [0.1, 0.15) is 296 Å². The van der Waals surface area contributed by atoms with E-state index in [4.69, 9.17) is 17.5 Å². The van der Waals surface area contributed by atoms with E-state index in [-0.39, 0.29) is 0 Å². The predicted octanol–water partition coefficient (Wildman–Crippen LogP) is 14.3. The van der Waals surface area contributed by atoms with E-state index < -0.39 is 10.4 Å². The third kappa shape index (κ3) is 75.2. The highest BCUT2D eigenvalue weighted by Crippen LogP contribution is 2.17. The van der Waals surface area contributed by atoms with Gasteiger partial charge in [-0.3, -0.25) is 8.42 Å². The zero-order valence-corrected chi connectivity index (χ0v) is 38.8. The molecule has 336 valence electrons. The van der Waals surface area contributed by atoms with Crippen molar-refractivity contribution >= 4 is 10.4 Å². The van der Waals surface area contributed by atoms with Gasteiger partial charge in [-0.1, -0.05) is 271 Å². The Kier molecular flexibility index (Phi) is 60.1. The normalized spacial score (nSPS) is 11.3. The van der Waals surface area contributed by atoms with Gasteiger partial charge in [0.15, 0.2) is 0 Å². The molecule has 6 nitrogen and oxygen atoms in total. The van der Waals surface area contributed by atoms with E-state index >= 15 is 0 Å². The first kappa shape index (κ1) is 59.1. The van der Waals surface area contributed by atoms with Crippen LogP contribution < -0.4 is 11.5 Å². The average molecular weight is 805 g/mol. The minimum atomic E-state index is -5.17. The molecule has 0 amide bonds. The van der Waals surface area contributed by atoms with Crippen LogP contribution in [0.5, 0.6) is 0 Å². The highest BCUT2D eigenvalue weighted by Gasteiger charge is 1.97. The molecule has 0 spiro atoms. The van der Waals surface area contributed by atoms with Crippen LogP contribution in [-0.2, 0) is 10.4 Å². The topological polar surface area (TPSA) is 136 Å². The van der Waals surface area contributed by atoms with Crippen LogP contribution in [0.15, 0.2) is 0 Å². The molecule has 0 saturated heterocycles. The molecule has 0 aromatic rings. The summed E-state index contributed by atoms with van der Waals surface area (Å²) in [4.78, 5) is 0. The van der Waals surface area contributed by atoms with Crippen LogP contribution in [-0.4, -0.2) is 30.6 Å². The van der Waals surface area contributed by atoms with E-state index in [1.807, 2.05) is 0 Å². The van der Waals surface area contributed by atoms with Gasteiger partial charge in [-0.2, -0.15) is 0 Å². The molecule has 0 unspecified atom stereocenters. The van der Waals surface area contributed by atoms with Gasteiger partial charge in [-0.15, -0.1) is 0 Å². The molecule has 0 bridgehead atoms. The second kappa shape index (κ2) is 55.9. The fraction of sp³-hybridized carbons (Fsp3) is 1.00. The van der Waals surface area contributed by atoms with Crippen LogP contribution in [0, 0.1) is 0 Å². The number of hydrogen-bond acceptors (Lipinski definition) is 4. The van der Waals surface area contributed by atoms with Crippen molar-refractivity contribution in [3.05, 3.63) is 0 Å². The van der Waals surface area contributed by atoms with Crippen molar-refractivity contribution in [1.82, 2.24) is 0 Å². The number of hydrogen-bond donors (Lipinski definition) is 2. The van der Waals surface area contributed by atoms with Crippen LogP contribution in [0.3, 0.4) is 0 Å².